The number of carbonyl (C=O) groups excluding carboxylic acids is 2. The standard InChI is InChI=1S/C10H17NO3/c1-10(2)6-7(14-9(10)13)5-8(12)11(3)4/h7H,5-6H2,1-4H3. The van der Waals surface area contributed by atoms with Gasteiger partial charge in [0.15, 0.2) is 0 Å². The fourth-order valence-corrected chi connectivity index (χ4v) is 1.50. The predicted octanol–water partition coefficient (Wildman–Crippen LogP) is 0.806. The number of rotatable bonds is 2. The van der Waals surface area contributed by atoms with E-state index in [1.165, 1.54) is 4.90 Å². The molecule has 1 amide bonds. The van der Waals surface area contributed by atoms with E-state index in [2.05, 4.69) is 0 Å². The van der Waals surface area contributed by atoms with Crippen LogP contribution in [0.3, 0.4) is 0 Å². The second-order valence-corrected chi connectivity index (χ2v) is 4.61. The number of esters is 1. The lowest BCUT2D eigenvalue weighted by Gasteiger charge is -2.13. The zero-order valence-corrected chi connectivity index (χ0v) is 9.16. The molecule has 0 bridgehead atoms. The fourth-order valence-electron chi connectivity index (χ4n) is 1.50. The van der Waals surface area contributed by atoms with Gasteiger partial charge in [-0.2, -0.15) is 0 Å². The second kappa shape index (κ2) is 3.59. The molecule has 1 aliphatic rings. The number of ether oxygens (including phenoxy) is 1. The van der Waals surface area contributed by atoms with Crippen LogP contribution in [-0.4, -0.2) is 37.0 Å². The van der Waals surface area contributed by atoms with Gasteiger partial charge in [0.05, 0.1) is 11.8 Å². The van der Waals surface area contributed by atoms with Crippen molar-refractivity contribution >= 4 is 11.9 Å². The Hall–Kier alpha value is -1.06. The lowest BCUT2D eigenvalue weighted by molar-refractivity contribution is -0.148. The monoisotopic (exact) mass is 199 g/mol. The Kier molecular flexibility index (Phi) is 2.83. The van der Waals surface area contributed by atoms with Crippen LogP contribution in [0.1, 0.15) is 26.7 Å². The van der Waals surface area contributed by atoms with Crippen molar-refractivity contribution in [1.82, 2.24) is 4.90 Å². The minimum absolute atomic E-state index is 0.000463. The fraction of sp³-hybridized carbons (Fsp3) is 0.800. The third-order valence-electron chi connectivity index (χ3n) is 2.47. The smallest absolute Gasteiger partial charge is 0.311 e. The van der Waals surface area contributed by atoms with E-state index in [1.807, 2.05) is 13.8 Å². The minimum Gasteiger partial charge on any atom is -0.461 e. The average molecular weight is 199 g/mol. The summed E-state index contributed by atoms with van der Waals surface area (Å²) in [5.74, 6) is -0.199. The summed E-state index contributed by atoms with van der Waals surface area (Å²) in [5.41, 5.74) is -0.433. The molecule has 80 valence electrons. The zero-order chi connectivity index (χ0) is 10.9. The SMILES string of the molecule is CN(C)C(=O)CC1CC(C)(C)C(=O)O1. The van der Waals surface area contributed by atoms with Gasteiger partial charge in [0, 0.05) is 20.5 Å². The number of hydrogen-bond donors (Lipinski definition) is 0. The van der Waals surface area contributed by atoms with Crippen molar-refractivity contribution in [2.45, 2.75) is 32.8 Å². The van der Waals surface area contributed by atoms with Crippen molar-refractivity contribution < 1.29 is 14.3 Å². The Bertz CT molecular complexity index is 258. The van der Waals surface area contributed by atoms with E-state index >= 15 is 0 Å². The number of amides is 1. The van der Waals surface area contributed by atoms with E-state index in [-0.39, 0.29) is 18.0 Å². The number of hydrogen-bond acceptors (Lipinski definition) is 3. The van der Waals surface area contributed by atoms with Crippen molar-refractivity contribution in [2.75, 3.05) is 14.1 Å². The summed E-state index contributed by atoms with van der Waals surface area (Å²) in [6.45, 7) is 3.69. The van der Waals surface area contributed by atoms with Crippen LogP contribution >= 0.6 is 0 Å². The molecule has 14 heavy (non-hydrogen) atoms. The highest BCUT2D eigenvalue weighted by molar-refractivity contribution is 5.80. The summed E-state index contributed by atoms with van der Waals surface area (Å²) >= 11 is 0. The van der Waals surface area contributed by atoms with Gasteiger partial charge in [0.2, 0.25) is 5.91 Å². The van der Waals surface area contributed by atoms with E-state index in [0.29, 0.717) is 12.8 Å². The Morgan fingerprint density at radius 3 is 2.50 bits per heavy atom. The molecule has 0 aromatic heterocycles. The Morgan fingerprint density at radius 2 is 2.14 bits per heavy atom. The normalized spacial score (nSPS) is 24.6. The topological polar surface area (TPSA) is 46.6 Å². The van der Waals surface area contributed by atoms with Gasteiger partial charge in [0.1, 0.15) is 6.10 Å². The molecule has 0 spiro atoms. The first-order valence-electron chi connectivity index (χ1n) is 4.74. The van der Waals surface area contributed by atoms with Gasteiger partial charge in [-0.25, -0.2) is 0 Å². The van der Waals surface area contributed by atoms with Gasteiger partial charge in [-0.15, -0.1) is 0 Å². The highest BCUT2D eigenvalue weighted by Gasteiger charge is 2.42. The highest BCUT2D eigenvalue weighted by Crippen LogP contribution is 2.34. The summed E-state index contributed by atoms with van der Waals surface area (Å²) < 4.78 is 5.11. The average Bonchev–Trinajstić information content (AvgIpc) is 2.25. The van der Waals surface area contributed by atoms with Gasteiger partial charge in [-0.05, 0) is 13.8 Å². The lowest BCUT2D eigenvalue weighted by Crippen LogP contribution is -2.26. The number of nitrogens with zero attached hydrogens (tertiary/aromatic N) is 1. The maximum atomic E-state index is 11.4. The van der Waals surface area contributed by atoms with Crippen molar-refractivity contribution in [2.24, 2.45) is 5.41 Å². The van der Waals surface area contributed by atoms with E-state index in [4.69, 9.17) is 4.74 Å². The van der Waals surface area contributed by atoms with Crippen LogP contribution in [-0.2, 0) is 14.3 Å². The van der Waals surface area contributed by atoms with Crippen LogP contribution in [0.25, 0.3) is 0 Å². The number of carbonyl (C=O) groups is 2. The molecule has 0 radical (unpaired) electrons. The molecule has 1 heterocycles. The summed E-state index contributed by atoms with van der Waals surface area (Å²) in [6, 6.07) is 0. The van der Waals surface area contributed by atoms with Crippen molar-refractivity contribution in [1.29, 1.82) is 0 Å². The molecular weight excluding hydrogens is 182 g/mol. The summed E-state index contributed by atoms with van der Waals surface area (Å²) in [4.78, 5) is 24.2. The third kappa shape index (κ3) is 2.25. The molecule has 1 saturated heterocycles. The van der Waals surface area contributed by atoms with E-state index in [1.54, 1.807) is 14.1 Å². The summed E-state index contributed by atoms with van der Waals surface area (Å²) in [6.07, 6.45) is 0.681. The molecule has 1 rings (SSSR count). The quantitative estimate of drug-likeness (QED) is 0.618. The van der Waals surface area contributed by atoms with Gasteiger partial charge in [-0.1, -0.05) is 0 Å². The van der Waals surface area contributed by atoms with Gasteiger partial charge < -0.3 is 9.64 Å². The van der Waals surface area contributed by atoms with Gasteiger partial charge in [-0.3, -0.25) is 9.59 Å². The van der Waals surface area contributed by atoms with Crippen LogP contribution in [0.2, 0.25) is 0 Å². The molecule has 4 heteroatoms. The van der Waals surface area contributed by atoms with Gasteiger partial charge >= 0.3 is 5.97 Å². The Labute approximate surface area is 84.2 Å². The minimum atomic E-state index is -0.433. The van der Waals surface area contributed by atoms with Crippen LogP contribution in [0.15, 0.2) is 0 Å². The van der Waals surface area contributed by atoms with Crippen molar-refractivity contribution in [3.63, 3.8) is 0 Å². The summed E-state index contributed by atoms with van der Waals surface area (Å²) in [5, 5.41) is 0. The molecule has 1 atom stereocenters. The van der Waals surface area contributed by atoms with Crippen LogP contribution in [0.4, 0.5) is 0 Å². The molecule has 1 unspecified atom stereocenters. The second-order valence-electron chi connectivity index (χ2n) is 4.61. The molecule has 0 aliphatic carbocycles. The van der Waals surface area contributed by atoms with Gasteiger partial charge in [0.25, 0.3) is 0 Å². The first-order valence-corrected chi connectivity index (χ1v) is 4.74. The molecular formula is C10H17NO3. The maximum Gasteiger partial charge on any atom is 0.311 e. The zero-order valence-electron chi connectivity index (χ0n) is 9.16. The maximum absolute atomic E-state index is 11.4. The first-order chi connectivity index (χ1) is 6.33. The highest BCUT2D eigenvalue weighted by atomic mass is 16.6. The molecule has 1 aliphatic heterocycles. The predicted molar refractivity (Wildman–Crippen MR) is 51.6 cm³/mol. The molecule has 0 saturated carbocycles. The Morgan fingerprint density at radius 1 is 1.57 bits per heavy atom. The lowest BCUT2D eigenvalue weighted by atomic mass is 9.89. The van der Waals surface area contributed by atoms with Crippen LogP contribution < -0.4 is 0 Å². The molecule has 1 fully saturated rings. The Balaban J connectivity index is 2.51. The van der Waals surface area contributed by atoms with E-state index in [0.717, 1.165) is 0 Å². The van der Waals surface area contributed by atoms with Crippen molar-refractivity contribution in [3.8, 4) is 0 Å². The molecule has 0 N–H and O–H groups in total. The largest absolute Gasteiger partial charge is 0.461 e. The third-order valence-corrected chi connectivity index (χ3v) is 2.47. The van der Waals surface area contributed by atoms with E-state index < -0.39 is 5.41 Å². The number of cyclic esters (lactones) is 1. The van der Waals surface area contributed by atoms with Crippen molar-refractivity contribution in [3.05, 3.63) is 0 Å². The molecule has 0 aromatic carbocycles. The molecule has 4 nitrogen and oxygen atoms in total. The molecule has 0 aromatic rings. The summed E-state index contributed by atoms with van der Waals surface area (Å²) in [7, 11) is 3.40. The van der Waals surface area contributed by atoms with E-state index in [9.17, 15) is 9.59 Å². The van der Waals surface area contributed by atoms with Crippen LogP contribution in [0.5, 0.6) is 0 Å². The van der Waals surface area contributed by atoms with Crippen LogP contribution in [0, 0.1) is 5.41 Å². The first kappa shape index (κ1) is 11.0.